The molecule has 1 heterocycles. The average Bonchev–Trinajstić information content (AvgIpc) is 2.46. The Morgan fingerprint density at radius 2 is 2.05 bits per heavy atom. The van der Waals surface area contributed by atoms with E-state index in [4.69, 9.17) is 9.47 Å². The Bertz CT molecular complexity index is 599. The first-order chi connectivity index (χ1) is 10.1. The van der Waals surface area contributed by atoms with Gasteiger partial charge in [-0.25, -0.2) is 0 Å². The summed E-state index contributed by atoms with van der Waals surface area (Å²) in [5, 5.41) is 9.95. The number of phenols is 1. The van der Waals surface area contributed by atoms with Gasteiger partial charge >= 0.3 is 0 Å². The number of rotatable bonds is 2. The molecule has 0 saturated heterocycles. The predicted molar refractivity (Wildman–Crippen MR) is 75.4 cm³/mol. The van der Waals surface area contributed by atoms with E-state index in [1.807, 2.05) is 0 Å². The van der Waals surface area contributed by atoms with Crippen LogP contribution in [0, 0.1) is 0 Å². The highest BCUT2D eigenvalue weighted by Gasteiger charge is 2.43. The number of hydrogen-bond donors (Lipinski definition) is 1. The lowest BCUT2D eigenvalue weighted by atomic mass is 9.78. The molecule has 0 bridgehead atoms. The Morgan fingerprint density at radius 1 is 1.33 bits per heavy atom. The minimum atomic E-state index is -0.456. The first kappa shape index (κ1) is 13.9. The first-order valence-corrected chi connectivity index (χ1v) is 7.21. The maximum atomic E-state index is 12.6. The third kappa shape index (κ3) is 2.17. The molecule has 0 amide bonds. The van der Waals surface area contributed by atoms with E-state index in [1.54, 1.807) is 0 Å². The SMILES string of the molecule is COc1c(C=O)c(O)cc2c1C(=O)CC1(CCCCC1)O2. The maximum absolute atomic E-state index is 12.6. The summed E-state index contributed by atoms with van der Waals surface area (Å²) in [4.78, 5) is 23.7. The number of aromatic hydroxyl groups is 1. The zero-order valence-corrected chi connectivity index (χ0v) is 12.0. The Morgan fingerprint density at radius 3 is 2.67 bits per heavy atom. The molecule has 0 unspecified atom stereocenters. The second-order valence-electron chi connectivity index (χ2n) is 5.78. The van der Waals surface area contributed by atoms with E-state index < -0.39 is 5.60 Å². The molecule has 2 aliphatic rings. The highest BCUT2D eigenvalue weighted by Crippen LogP contribution is 2.47. The highest BCUT2D eigenvalue weighted by molar-refractivity contribution is 6.06. The average molecular weight is 290 g/mol. The number of ether oxygens (including phenoxy) is 2. The van der Waals surface area contributed by atoms with Gasteiger partial charge in [-0.05, 0) is 25.7 Å². The van der Waals surface area contributed by atoms with E-state index in [-0.39, 0.29) is 28.4 Å². The van der Waals surface area contributed by atoms with Gasteiger partial charge in [0.25, 0.3) is 0 Å². The van der Waals surface area contributed by atoms with Gasteiger partial charge in [-0.3, -0.25) is 9.59 Å². The number of Topliss-reactive ketones (excluding diaryl/α,β-unsaturated/α-hetero) is 1. The maximum Gasteiger partial charge on any atom is 0.174 e. The van der Waals surface area contributed by atoms with E-state index in [1.165, 1.54) is 13.2 Å². The zero-order valence-electron chi connectivity index (χ0n) is 12.0. The van der Waals surface area contributed by atoms with Crippen LogP contribution in [0.3, 0.4) is 0 Å². The quantitative estimate of drug-likeness (QED) is 0.848. The summed E-state index contributed by atoms with van der Waals surface area (Å²) in [6.07, 6.45) is 5.72. The molecule has 1 N–H and O–H groups in total. The van der Waals surface area contributed by atoms with Gasteiger partial charge in [0.05, 0.1) is 19.1 Å². The third-order valence-corrected chi connectivity index (χ3v) is 4.44. The number of methoxy groups -OCH3 is 1. The first-order valence-electron chi connectivity index (χ1n) is 7.21. The molecule has 3 rings (SSSR count). The van der Waals surface area contributed by atoms with Crippen molar-refractivity contribution >= 4 is 12.1 Å². The predicted octanol–water partition coefficient (Wildman–Crippen LogP) is 2.88. The number of hydrogen-bond acceptors (Lipinski definition) is 5. The van der Waals surface area contributed by atoms with Crippen LogP contribution in [0.1, 0.15) is 59.2 Å². The van der Waals surface area contributed by atoms with Crippen molar-refractivity contribution in [2.24, 2.45) is 0 Å². The van der Waals surface area contributed by atoms with Gasteiger partial charge in [-0.2, -0.15) is 0 Å². The number of carbonyl (C=O) groups is 2. The van der Waals surface area contributed by atoms with E-state index in [0.717, 1.165) is 32.1 Å². The monoisotopic (exact) mass is 290 g/mol. The van der Waals surface area contributed by atoms with Gasteiger partial charge in [-0.15, -0.1) is 0 Å². The second kappa shape index (κ2) is 5.06. The Kier molecular flexibility index (Phi) is 3.35. The third-order valence-electron chi connectivity index (χ3n) is 4.44. The molecule has 112 valence electrons. The van der Waals surface area contributed by atoms with E-state index in [0.29, 0.717) is 18.5 Å². The van der Waals surface area contributed by atoms with Gasteiger partial charge in [0.1, 0.15) is 28.4 Å². The number of fused-ring (bicyclic) bond motifs is 1. The van der Waals surface area contributed by atoms with Crippen LogP contribution in [-0.4, -0.2) is 29.9 Å². The smallest absolute Gasteiger partial charge is 0.174 e. The Balaban J connectivity index is 2.11. The van der Waals surface area contributed by atoms with Crippen molar-refractivity contribution in [3.8, 4) is 17.2 Å². The van der Waals surface area contributed by atoms with Gasteiger partial charge in [0.2, 0.25) is 0 Å². The summed E-state index contributed by atoms with van der Waals surface area (Å²) < 4.78 is 11.2. The highest BCUT2D eigenvalue weighted by atomic mass is 16.5. The molecule has 5 nitrogen and oxygen atoms in total. The molecule has 0 atom stereocenters. The molecule has 1 spiro atoms. The normalized spacial score (nSPS) is 19.8. The molecule has 1 aromatic carbocycles. The molecule has 0 radical (unpaired) electrons. The number of aldehydes is 1. The molecular formula is C16H18O5. The number of ketones is 1. The molecule has 5 heteroatoms. The summed E-state index contributed by atoms with van der Waals surface area (Å²) in [7, 11) is 1.38. The molecule has 0 aromatic heterocycles. The minimum absolute atomic E-state index is 0.00667. The fourth-order valence-corrected chi connectivity index (χ4v) is 3.43. The summed E-state index contributed by atoms with van der Waals surface area (Å²) in [6, 6.07) is 1.36. The summed E-state index contributed by atoms with van der Waals surface area (Å²) in [5.74, 6) is 0.128. The van der Waals surface area contributed by atoms with Crippen LogP contribution in [0.15, 0.2) is 6.07 Å². The lowest BCUT2D eigenvalue weighted by molar-refractivity contribution is 0.0130. The van der Waals surface area contributed by atoms with Crippen LogP contribution in [0.5, 0.6) is 17.2 Å². The summed E-state index contributed by atoms with van der Waals surface area (Å²) >= 11 is 0. The Hall–Kier alpha value is -2.04. The van der Waals surface area contributed by atoms with Crippen molar-refractivity contribution < 1.29 is 24.2 Å². The van der Waals surface area contributed by atoms with E-state index >= 15 is 0 Å². The summed E-state index contributed by atoms with van der Waals surface area (Å²) in [5.41, 5.74) is -0.191. The van der Waals surface area contributed by atoms with Crippen LogP contribution < -0.4 is 9.47 Å². The second-order valence-corrected chi connectivity index (χ2v) is 5.78. The van der Waals surface area contributed by atoms with Crippen molar-refractivity contribution in [2.45, 2.75) is 44.1 Å². The minimum Gasteiger partial charge on any atom is -0.507 e. The van der Waals surface area contributed by atoms with Gasteiger partial charge in [-0.1, -0.05) is 6.42 Å². The topological polar surface area (TPSA) is 72.8 Å². The van der Waals surface area contributed by atoms with Crippen LogP contribution in [-0.2, 0) is 0 Å². The van der Waals surface area contributed by atoms with Crippen molar-refractivity contribution in [3.63, 3.8) is 0 Å². The largest absolute Gasteiger partial charge is 0.507 e. The van der Waals surface area contributed by atoms with Crippen molar-refractivity contribution in [3.05, 3.63) is 17.2 Å². The van der Waals surface area contributed by atoms with Crippen molar-refractivity contribution in [2.75, 3.05) is 7.11 Å². The molecule has 1 saturated carbocycles. The van der Waals surface area contributed by atoms with Crippen LogP contribution in [0.25, 0.3) is 0 Å². The van der Waals surface area contributed by atoms with Gasteiger partial charge < -0.3 is 14.6 Å². The number of phenolic OH excluding ortho intramolecular Hbond substituents is 1. The van der Waals surface area contributed by atoms with Gasteiger partial charge in [0, 0.05) is 6.07 Å². The fourth-order valence-electron chi connectivity index (χ4n) is 3.43. The Labute approximate surface area is 122 Å². The number of carbonyl (C=O) groups excluding carboxylic acids is 2. The standard InChI is InChI=1S/C16H18O5/c1-20-15-10(9-17)11(18)7-13-14(15)12(19)8-16(21-13)5-3-2-4-6-16/h7,9,18H,2-6,8H2,1H3. The molecular weight excluding hydrogens is 272 g/mol. The summed E-state index contributed by atoms with van der Waals surface area (Å²) in [6.45, 7) is 0. The lowest BCUT2D eigenvalue weighted by Gasteiger charge is -2.41. The molecule has 21 heavy (non-hydrogen) atoms. The van der Waals surface area contributed by atoms with E-state index in [9.17, 15) is 14.7 Å². The number of benzene rings is 1. The zero-order chi connectivity index (χ0) is 15.0. The van der Waals surface area contributed by atoms with Crippen LogP contribution >= 0.6 is 0 Å². The molecule has 1 aliphatic carbocycles. The molecule has 1 aliphatic heterocycles. The van der Waals surface area contributed by atoms with Crippen molar-refractivity contribution in [1.82, 2.24) is 0 Å². The fraction of sp³-hybridized carbons (Fsp3) is 0.500. The molecule has 1 aromatic rings. The molecule has 1 fully saturated rings. The van der Waals surface area contributed by atoms with Crippen LogP contribution in [0.2, 0.25) is 0 Å². The lowest BCUT2D eigenvalue weighted by Crippen LogP contribution is -2.43. The van der Waals surface area contributed by atoms with E-state index in [2.05, 4.69) is 0 Å². The van der Waals surface area contributed by atoms with Crippen LogP contribution in [0.4, 0.5) is 0 Å². The van der Waals surface area contributed by atoms with Crippen molar-refractivity contribution in [1.29, 1.82) is 0 Å². The van der Waals surface area contributed by atoms with Gasteiger partial charge in [0.15, 0.2) is 12.1 Å².